The van der Waals surface area contributed by atoms with E-state index < -0.39 is 23.2 Å². The Labute approximate surface area is 213 Å². The molecule has 1 heterocycles. The van der Waals surface area contributed by atoms with Crippen LogP contribution < -0.4 is 14.8 Å². The summed E-state index contributed by atoms with van der Waals surface area (Å²) in [5.41, 5.74) is 1.24. The molecule has 1 aliphatic rings. The average molecular weight is 596 g/mol. The summed E-state index contributed by atoms with van der Waals surface area (Å²) in [6.07, 6.45) is 1.53. The predicted octanol–water partition coefficient (Wildman–Crippen LogP) is 3.92. The van der Waals surface area contributed by atoms with E-state index in [4.69, 9.17) is 9.47 Å². The molecule has 1 fully saturated rings. The van der Waals surface area contributed by atoms with Crippen molar-refractivity contribution in [2.75, 3.05) is 26.1 Å². The Morgan fingerprint density at radius 3 is 2.53 bits per heavy atom. The van der Waals surface area contributed by atoms with Crippen LogP contribution >= 0.6 is 34.4 Å². The van der Waals surface area contributed by atoms with Gasteiger partial charge in [-0.05, 0) is 77.2 Å². The standard InChI is InChI=1S/C23H21IN2O7S/c1-13(22(29)32-3)26-21(28)18(34-23(26)30)11-14-9-16(24)20(17(10-14)31-2)33-12-19(27)25-15-7-5-4-6-8-15/h4-11,13H,12H2,1-3H3,(H,25,27)/b18-11+/t13-/m0/s1. The third-order valence-corrected chi connectivity index (χ3v) is 6.39. The Morgan fingerprint density at radius 2 is 1.88 bits per heavy atom. The number of amides is 3. The lowest BCUT2D eigenvalue weighted by Crippen LogP contribution is -2.42. The maximum atomic E-state index is 12.7. The van der Waals surface area contributed by atoms with Gasteiger partial charge in [0.1, 0.15) is 6.04 Å². The number of esters is 1. The van der Waals surface area contributed by atoms with Crippen molar-refractivity contribution in [3.63, 3.8) is 0 Å². The fraction of sp³-hybridized carbons (Fsp3) is 0.217. The molecule has 178 valence electrons. The molecule has 0 aromatic heterocycles. The second-order valence-electron chi connectivity index (χ2n) is 6.99. The fourth-order valence-corrected chi connectivity index (χ4v) is 4.75. The van der Waals surface area contributed by atoms with Gasteiger partial charge in [0, 0.05) is 5.69 Å². The summed E-state index contributed by atoms with van der Waals surface area (Å²) in [6.45, 7) is 1.20. The van der Waals surface area contributed by atoms with E-state index in [0.29, 0.717) is 26.3 Å². The molecule has 0 bridgehead atoms. The van der Waals surface area contributed by atoms with E-state index in [0.717, 1.165) is 16.7 Å². The highest BCUT2D eigenvalue weighted by molar-refractivity contribution is 14.1. The van der Waals surface area contributed by atoms with Crippen molar-refractivity contribution >= 4 is 69.1 Å². The zero-order valence-corrected chi connectivity index (χ0v) is 21.5. The number of carbonyl (C=O) groups is 4. The number of rotatable bonds is 8. The molecule has 1 atom stereocenters. The summed E-state index contributed by atoms with van der Waals surface area (Å²) in [4.78, 5) is 50.1. The van der Waals surface area contributed by atoms with E-state index in [1.54, 1.807) is 24.3 Å². The number of nitrogens with one attached hydrogen (secondary N) is 1. The van der Waals surface area contributed by atoms with Gasteiger partial charge in [-0.2, -0.15) is 0 Å². The molecule has 1 aliphatic heterocycles. The van der Waals surface area contributed by atoms with Gasteiger partial charge in [0.15, 0.2) is 18.1 Å². The van der Waals surface area contributed by atoms with E-state index >= 15 is 0 Å². The smallest absolute Gasteiger partial charge is 0.328 e. The number of hydrogen-bond acceptors (Lipinski definition) is 8. The third kappa shape index (κ3) is 5.89. The Kier molecular flexibility index (Phi) is 8.56. The Balaban J connectivity index is 1.76. The lowest BCUT2D eigenvalue weighted by molar-refractivity contribution is -0.148. The van der Waals surface area contributed by atoms with Crippen molar-refractivity contribution in [3.05, 3.63) is 56.5 Å². The number of imide groups is 1. The van der Waals surface area contributed by atoms with Gasteiger partial charge in [-0.1, -0.05) is 18.2 Å². The van der Waals surface area contributed by atoms with E-state index in [2.05, 4.69) is 10.1 Å². The molecule has 0 radical (unpaired) electrons. The summed E-state index contributed by atoms with van der Waals surface area (Å²) in [6, 6.07) is 11.3. The maximum absolute atomic E-state index is 12.7. The van der Waals surface area contributed by atoms with Crippen LogP contribution in [0.4, 0.5) is 10.5 Å². The lowest BCUT2D eigenvalue weighted by atomic mass is 10.1. The van der Waals surface area contributed by atoms with Crippen LogP contribution in [0.25, 0.3) is 6.08 Å². The van der Waals surface area contributed by atoms with Crippen LogP contribution in [-0.4, -0.2) is 54.8 Å². The molecule has 34 heavy (non-hydrogen) atoms. The number of thioether (sulfide) groups is 1. The minimum absolute atomic E-state index is 0.162. The highest BCUT2D eigenvalue weighted by Gasteiger charge is 2.41. The molecule has 2 aromatic rings. The normalized spacial score (nSPS) is 15.3. The van der Waals surface area contributed by atoms with Gasteiger partial charge in [0.25, 0.3) is 17.1 Å². The summed E-state index contributed by atoms with van der Waals surface area (Å²) in [7, 11) is 2.65. The monoisotopic (exact) mass is 596 g/mol. The molecule has 0 aliphatic carbocycles. The number of ether oxygens (including phenoxy) is 3. The first kappa shape index (κ1) is 25.6. The van der Waals surface area contributed by atoms with Gasteiger partial charge in [0.05, 0.1) is 22.7 Å². The van der Waals surface area contributed by atoms with Crippen LogP contribution in [0.3, 0.4) is 0 Å². The van der Waals surface area contributed by atoms with Crippen molar-refractivity contribution in [1.82, 2.24) is 4.90 Å². The van der Waals surface area contributed by atoms with E-state index in [9.17, 15) is 19.2 Å². The Bertz CT molecular complexity index is 1150. The molecular weight excluding hydrogens is 575 g/mol. The molecule has 0 spiro atoms. The molecule has 1 saturated heterocycles. The molecule has 3 amide bonds. The van der Waals surface area contributed by atoms with Crippen molar-refractivity contribution in [3.8, 4) is 11.5 Å². The summed E-state index contributed by atoms with van der Waals surface area (Å²) < 4.78 is 16.4. The number of carbonyl (C=O) groups excluding carboxylic acids is 4. The van der Waals surface area contributed by atoms with E-state index in [-0.39, 0.29) is 17.4 Å². The Hall–Kier alpha value is -3.06. The molecular formula is C23H21IN2O7S. The second-order valence-corrected chi connectivity index (χ2v) is 9.14. The summed E-state index contributed by atoms with van der Waals surface area (Å²) >= 11 is 2.77. The number of benzene rings is 2. The van der Waals surface area contributed by atoms with Gasteiger partial charge in [-0.25, -0.2) is 4.79 Å². The topological polar surface area (TPSA) is 111 Å². The number of anilines is 1. The fourth-order valence-electron chi connectivity index (χ4n) is 3.06. The number of nitrogens with zero attached hydrogens (tertiary/aromatic N) is 1. The summed E-state index contributed by atoms with van der Waals surface area (Å²) in [5.74, 6) is -0.873. The van der Waals surface area contributed by atoms with Crippen molar-refractivity contribution < 1.29 is 33.4 Å². The number of methoxy groups -OCH3 is 2. The third-order valence-electron chi connectivity index (χ3n) is 4.71. The quantitative estimate of drug-likeness (QED) is 0.278. The van der Waals surface area contributed by atoms with Crippen LogP contribution in [0.1, 0.15) is 12.5 Å². The zero-order chi connectivity index (χ0) is 24.8. The maximum Gasteiger partial charge on any atom is 0.328 e. The second kappa shape index (κ2) is 11.4. The summed E-state index contributed by atoms with van der Waals surface area (Å²) in [5, 5.41) is 2.18. The van der Waals surface area contributed by atoms with Crippen molar-refractivity contribution in [2.45, 2.75) is 13.0 Å². The van der Waals surface area contributed by atoms with Crippen LogP contribution in [-0.2, 0) is 19.1 Å². The number of para-hydroxylation sites is 1. The van der Waals surface area contributed by atoms with Crippen molar-refractivity contribution in [2.24, 2.45) is 0 Å². The molecule has 0 saturated carbocycles. The van der Waals surface area contributed by atoms with Crippen LogP contribution in [0.2, 0.25) is 0 Å². The Morgan fingerprint density at radius 1 is 1.18 bits per heavy atom. The molecule has 2 aromatic carbocycles. The predicted molar refractivity (Wildman–Crippen MR) is 136 cm³/mol. The lowest BCUT2D eigenvalue weighted by Gasteiger charge is -2.18. The van der Waals surface area contributed by atoms with Gasteiger partial charge in [-0.3, -0.25) is 19.3 Å². The molecule has 11 heteroatoms. The van der Waals surface area contributed by atoms with Crippen LogP contribution in [0.15, 0.2) is 47.4 Å². The minimum Gasteiger partial charge on any atom is -0.493 e. The first-order valence-electron chi connectivity index (χ1n) is 9.95. The van der Waals surface area contributed by atoms with Crippen molar-refractivity contribution in [1.29, 1.82) is 0 Å². The molecule has 9 nitrogen and oxygen atoms in total. The minimum atomic E-state index is -1.03. The molecule has 1 N–H and O–H groups in total. The first-order chi connectivity index (χ1) is 16.2. The highest BCUT2D eigenvalue weighted by Crippen LogP contribution is 2.38. The molecule has 3 rings (SSSR count). The van der Waals surface area contributed by atoms with Crippen LogP contribution in [0, 0.1) is 3.57 Å². The SMILES string of the molecule is COC(=O)[C@H](C)N1C(=O)S/C(=C/c2cc(I)c(OCC(=O)Nc3ccccc3)c(OC)c2)C1=O. The van der Waals surface area contributed by atoms with E-state index in [1.807, 2.05) is 40.8 Å². The largest absolute Gasteiger partial charge is 0.493 e. The van der Waals surface area contributed by atoms with Gasteiger partial charge in [0.2, 0.25) is 0 Å². The van der Waals surface area contributed by atoms with Crippen LogP contribution in [0.5, 0.6) is 11.5 Å². The average Bonchev–Trinajstić information content (AvgIpc) is 3.10. The highest BCUT2D eigenvalue weighted by atomic mass is 127. The van der Waals surface area contributed by atoms with Gasteiger partial charge >= 0.3 is 5.97 Å². The first-order valence-corrected chi connectivity index (χ1v) is 11.8. The van der Waals surface area contributed by atoms with Gasteiger partial charge in [-0.15, -0.1) is 0 Å². The van der Waals surface area contributed by atoms with E-state index in [1.165, 1.54) is 27.2 Å². The number of halogens is 1. The molecule has 0 unspecified atom stereocenters. The zero-order valence-electron chi connectivity index (χ0n) is 18.5. The van der Waals surface area contributed by atoms with Gasteiger partial charge < -0.3 is 19.5 Å². The number of hydrogen-bond donors (Lipinski definition) is 1.